The van der Waals surface area contributed by atoms with E-state index in [0.29, 0.717) is 5.69 Å². The Labute approximate surface area is 70.5 Å². The van der Waals surface area contributed by atoms with Crippen LogP contribution in [0.1, 0.15) is 10.5 Å². The number of H-pyrrole nitrogens is 1. The maximum absolute atomic E-state index is 11.1. The molecule has 1 heterocycles. The summed E-state index contributed by atoms with van der Waals surface area (Å²) in [6.07, 6.45) is 2.61. The van der Waals surface area contributed by atoms with Gasteiger partial charge in [-0.15, -0.1) is 0 Å². The first-order valence-electron chi connectivity index (χ1n) is 3.33. The molecule has 0 amide bonds. The van der Waals surface area contributed by atoms with Gasteiger partial charge < -0.3 is 4.98 Å². The van der Waals surface area contributed by atoms with E-state index >= 15 is 0 Å². The van der Waals surface area contributed by atoms with Crippen LogP contribution in [0.25, 0.3) is 0 Å². The van der Waals surface area contributed by atoms with Crippen LogP contribution in [-0.4, -0.2) is 31.2 Å². The molecule has 0 fully saturated rings. The summed E-state index contributed by atoms with van der Waals surface area (Å²) in [5, 5.41) is 0. The average Bonchev–Trinajstić information content (AvgIpc) is 2.32. The van der Waals surface area contributed by atoms with Crippen molar-refractivity contribution in [1.82, 2.24) is 4.98 Å². The SMILES string of the molecule is CS(=O)(=O)CC(=O)c1ccc[nH]1. The van der Waals surface area contributed by atoms with Crippen LogP contribution >= 0.6 is 0 Å². The second kappa shape index (κ2) is 3.10. The van der Waals surface area contributed by atoms with Gasteiger partial charge in [0.2, 0.25) is 0 Å². The van der Waals surface area contributed by atoms with Gasteiger partial charge in [0.15, 0.2) is 15.6 Å². The highest BCUT2D eigenvalue weighted by Crippen LogP contribution is 1.98. The van der Waals surface area contributed by atoms with E-state index < -0.39 is 21.4 Å². The lowest BCUT2D eigenvalue weighted by Gasteiger charge is -1.94. The Kier molecular flexibility index (Phi) is 2.32. The third kappa shape index (κ3) is 2.50. The third-order valence-corrected chi connectivity index (χ3v) is 2.08. The summed E-state index contributed by atoms with van der Waals surface area (Å²) in [6, 6.07) is 3.20. The van der Waals surface area contributed by atoms with Crippen LogP contribution in [0.2, 0.25) is 0 Å². The van der Waals surface area contributed by atoms with E-state index in [9.17, 15) is 13.2 Å². The number of sulfone groups is 1. The summed E-state index contributed by atoms with van der Waals surface area (Å²) >= 11 is 0. The predicted octanol–water partition coefficient (Wildman–Crippen LogP) is 0.242. The van der Waals surface area contributed by atoms with Crippen molar-refractivity contribution in [2.75, 3.05) is 12.0 Å². The molecule has 0 unspecified atom stereocenters. The zero-order valence-corrected chi connectivity index (χ0v) is 7.39. The van der Waals surface area contributed by atoms with Gasteiger partial charge in [0.05, 0.1) is 5.69 Å². The normalized spacial score (nSPS) is 11.4. The topological polar surface area (TPSA) is 67.0 Å². The largest absolute Gasteiger partial charge is 0.359 e. The fraction of sp³-hybridized carbons (Fsp3) is 0.286. The standard InChI is InChI=1S/C7H9NO3S/c1-12(10,11)5-7(9)6-3-2-4-8-6/h2-4,8H,5H2,1H3. The molecule has 0 saturated carbocycles. The highest BCUT2D eigenvalue weighted by molar-refractivity contribution is 7.91. The summed E-state index contributed by atoms with van der Waals surface area (Å²) in [4.78, 5) is 13.8. The van der Waals surface area contributed by atoms with E-state index in [0.717, 1.165) is 6.26 Å². The van der Waals surface area contributed by atoms with E-state index in [1.807, 2.05) is 0 Å². The van der Waals surface area contributed by atoms with Gasteiger partial charge in [-0.1, -0.05) is 0 Å². The van der Waals surface area contributed by atoms with Crippen molar-refractivity contribution in [3.05, 3.63) is 24.0 Å². The van der Waals surface area contributed by atoms with Crippen LogP contribution < -0.4 is 0 Å². The van der Waals surface area contributed by atoms with E-state index in [1.165, 1.54) is 0 Å². The smallest absolute Gasteiger partial charge is 0.193 e. The first-order chi connectivity index (χ1) is 5.49. The van der Waals surface area contributed by atoms with Crippen molar-refractivity contribution in [3.63, 3.8) is 0 Å². The monoisotopic (exact) mass is 187 g/mol. The van der Waals surface area contributed by atoms with Crippen molar-refractivity contribution in [3.8, 4) is 0 Å². The molecule has 0 aromatic carbocycles. The van der Waals surface area contributed by atoms with Gasteiger partial charge in [-0.05, 0) is 12.1 Å². The van der Waals surface area contributed by atoms with Crippen molar-refractivity contribution >= 4 is 15.6 Å². The van der Waals surface area contributed by atoms with Gasteiger partial charge in [0.1, 0.15) is 5.75 Å². The van der Waals surface area contributed by atoms with E-state index in [-0.39, 0.29) is 0 Å². The Balaban J connectivity index is 2.76. The van der Waals surface area contributed by atoms with Crippen LogP contribution in [-0.2, 0) is 9.84 Å². The Morgan fingerprint density at radius 2 is 2.25 bits per heavy atom. The zero-order valence-electron chi connectivity index (χ0n) is 6.57. The van der Waals surface area contributed by atoms with Crippen LogP contribution in [0.3, 0.4) is 0 Å². The number of carbonyl (C=O) groups is 1. The molecule has 0 saturated heterocycles. The number of ketones is 1. The molecule has 0 radical (unpaired) electrons. The van der Waals surface area contributed by atoms with Crippen LogP contribution in [0, 0.1) is 0 Å². The number of aromatic nitrogens is 1. The number of hydrogen-bond donors (Lipinski definition) is 1. The first kappa shape index (κ1) is 8.99. The minimum atomic E-state index is -3.22. The van der Waals surface area contributed by atoms with Crippen molar-refractivity contribution in [2.45, 2.75) is 0 Å². The quantitative estimate of drug-likeness (QED) is 0.689. The van der Waals surface area contributed by atoms with E-state index in [2.05, 4.69) is 4.98 Å². The number of carbonyl (C=O) groups excluding carboxylic acids is 1. The van der Waals surface area contributed by atoms with Gasteiger partial charge in [-0.2, -0.15) is 0 Å². The van der Waals surface area contributed by atoms with E-state index in [1.54, 1.807) is 18.3 Å². The second-order valence-electron chi connectivity index (χ2n) is 2.58. The van der Waals surface area contributed by atoms with Crippen molar-refractivity contribution < 1.29 is 13.2 Å². The van der Waals surface area contributed by atoms with E-state index in [4.69, 9.17) is 0 Å². The molecule has 1 N–H and O–H groups in total. The lowest BCUT2D eigenvalue weighted by molar-refractivity contribution is 0.101. The Hall–Kier alpha value is -1.10. The zero-order chi connectivity index (χ0) is 9.19. The summed E-state index contributed by atoms with van der Waals surface area (Å²) in [5.74, 6) is -0.837. The maximum Gasteiger partial charge on any atom is 0.193 e. The molecule has 4 nitrogen and oxygen atoms in total. The predicted molar refractivity (Wildman–Crippen MR) is 44.8 cm³/mol. The van der Waals surface area contributed by atoms with Gasteiger partial charge in [0.25, 0.3) is 0 Å². The lowest BCUT2D eigenvalue weighted by Crippen LogP contribution is -2.14. The Morgan fingerprint density at radius 3 is 2.67 bits per heavy atom. The lowest BCUT2D eigenvalue weighted by atomic mass is 10.3. The number of nitrogens with one attached hydrogen (secondary N) is 1. The minimum absolute atomic E-state index is 0.334. The van der Waals surface area contributed by atoms with Gasteiger partial charge in [-0.3, -0.25) is 4.79 Å². The van der Waals surface area contributed by atoms with Crippen molar-refractivity contribution in [1.29, 1.82) is 0 Å². The molecule has 12 heavy (non-hydrogen) atoms. The van der Waals surface area contributed by atoms with Crippen LogP contribution in [0.4, 0.5) is 0 Å². The third-order valence-electron chi connectivity index (χ3n) is 1.29. The number of aromatic amines is 1. The summed E-state index contributed by atoms with van der Waals surface area (Å²) in [5.41, 5.74) is 0.334. The van der Waals surface area contributed by atoms with Gasteiger partial charge >= 0.3 is 0 Å². The van der Waals surface area contributed by atoms with Gasteiger partial charge in [0, 0.05) is 12.5 Å². The molecule has 66 valence electrons. The highest BCUT2D eigenvalue weighted by atomic mass is 32.2. The minimum Gasteiger partial charge on any atom is -0.359 e. The van der Waals surface area contributed by atoms with Crippen molar-refractivity contribution in [2.24, 2.45) is 0 Å². The molecule has 1 aromatic rings. The number of hydrogen-bond acceptors (Lipinski definition) is 3. The average molecular weight is 187 g/mol. The molecule has 0 spiro atoms. The molecule has 0 atom stereocenters. The molecule has 0 aliphatic heterocycles. The van der Waals surface area contributed by atoms with Crippen LogP contribution in [0.5, 0.6) is 0 Å². The maximum atomic E-state index is 11.1. The Morgan fingerprint density at radius 1 is 1.58 bits per heavy atom. The fourth-order valence-electron chi connectivity index (χ4n) is 0.820. The first-order valence-corrected chi connectivity index (χ1v) is 5.39. The Bertz CT molecular complexity index is 363. The molecular weight excluding hydrogens is 178 g/mol. The summed E-state index contributed by atoms with van der Waals surface area (Å²) < 4.78 is 21.4. The highest BCUT2D eigenvalue weighted by Gasteiger charge is 2.12. The molecular formula is C7H9NO3S. The fourth-order valence-corrected chi connectivity index (χ4v) is 1.45. The molecule has 0 bridgehead atoms. The number of rotatable bonds is 3. The van der Waals surface area contributed by atoms with Crippen LogP contribution in [0.15, 0.2) is 18.3 Å². The molecule has 0 aliphatic carbocycles. The molecule has 0 aliphatic rings. The summed E-state index contributed by atoms with van der Waals surface area (Å²) in [6.45, 7) is 0. The molecule has 1 aromatic heterocycles. The van der Waals surface area contributed by atoms with Gasteiger partial charge in [-0.25, -0.2) is 8.42 Å². The number of Topliss-reactive ketones (excluding diaryl/α,β-unsaturated/α-hetero) is 1. The summed E-state index contributed by atoms with van der Waals surface area (Å²) in [7, 11) is -3.22. The second-order valence-corrected chi connectivity index (χ2v) is 4.72. The molecule has 1 rings (SSSR count). The molecule has 5 heteroatoms.